The van der Waals surface area contributed by atoms with Gasteiger partial charge in [-0.2, -0.15) is 0 Å². The molecule has 0 saturated heterocycles. The van der Waals surface area contributed by atoms with Crippen molar-refractivity contribution in [2.75, 3.05) is 0 Å². The van der Waals surface area contributed by atoms with Gasteiger partial charge >= 0.3 is 11.9 Å². The summed E-state index contributed by atoms with van der Waals surface area (Å²) in [7, 11) is 0. The van der Waals surface area contributed by atoms with E-state index < -0.39 is 23.6 Å². The van der Waals surface area contributed by atoms with Crippen molar-refractivity contribution in [2.24, 2.45) is 4.99 Å². The second-order valence-electron chi connectivity index (χ2n) is 6.55. The van der Waals surface area contributed by atoms with Crippen molar-refractivity contribution in [1.82, 2.24) is 4.98 Å². The van der Waals surface area contributed by atoms with E-state index in [4.69, 9.17) is 9.47 Å². The van der Waals surface area contributed by atoms with E-state index in [1.165, 1.54) is 17.6 Å². The predicted molar refractivity (Wildman–Crippen MR) is 100 cm³/mol. The van der Waals surface area contributed by atoms with E-state index in [1.54, 1.807) is 32.3 Å². The highest BCUT2D eigenvalue weighted by Gasteiger charge is 2.27. The summed E-state index contributed by atoms with van der Waals surface area (Å²) >= 11 is 1.39. The maximum atomic E-state index is 12.4. The van der Waals surface area contributed by atoms with E-state index in [2.05, 4.69) is 9.98 Å². The molecule has 0 amide bonds. The number of nitrogens with zero attached hydrogens (tertiary/aromatic N) is 2. The minimum Gasteiger partial charge on any atom is -0.461 e. The molecule has 0 aliphatic carbocycles. The number of hydrogen-bond acceptors (Lipinski definition) is 7. The smallest absolute Gasteiger partial charge is 0.331 e. The molecule has 2 rings (SSSR count). The first-order valence-electron chi connectivity index (χ1n) is 8.18. The number of aliphatic imine (C=N–C) groups is 1. The lowest BCUT2D eigenvalue weighted by atomic mass is 10.1. The van der Waals surface area contributed by atoms with Crippen molar-refractivity contribution >= 4 is 29.5 Å². The van der Waals surface area contributed by atoms with Crippen molar-refractivity contribution in [2.45, 2.75) is 45.4 Å². The summed E-state index contributed by atoms with van der Waals surface area (Å²) in [5.41, 5.74) is 0.209. The second-order valence-corrected chi connectivity index (χ2v) is 7.47. The average molecular weight is 374 g/mol. The Kier molecular flexibility index (Phi) is 7.03. The van der Waals surface area contributed by atoms with Crippen LogP contribution < -0.4 is 0 Å². The highest BCUT2D eigenvalue weighted by atomic mass is 32.1. The number of thiazole rings is 1. The van der Waals surface area contributed by atoms with Crippen LogP contribution in [0.4, 0.5) is 0 Å². The maximum absolute atomic E-state index is 12.4. The van der Waals surface area contributed by atoms with Gasteiger partial charge in [0.1, 0.15) is 17.2 Å². The molecule has 1 aromatic heterocycles. The van der Waals surface area contributed by atoms with Crippen LogP contribution in [0.25, 0.3) is 0 Å². The molecule has 0 fully saturated rings. The molecule has 0 aliphatic rings. The minimum atomic E-state index is -0.971. The van der Waals surface area contributed by atoms with Gasteiger partial charge in [0.2, 0.25) is 0 Å². The monoisotopic (exact) mass is 374 g/mol. The van der Waals surface area contributed by atoms with Gasteiger partial charge in [0, 0.05) is 11.6 Å². The standard InChI is InChI=1S/C19H22N2O4S/c1-19(2,3)25-18(23)15(21-12-16-20-9-10-26-16)11-17(22)24-13-14-7-5-4-6-8-14/h4-10,12,15H,11,13H2,1-3H3. The summed E-state index contributed by atoms with van der Waals surface area (Å²) in [6.07, 6.45) is 2.93. The first-order valence-corrected chi connectivity index (χ1v) is 9.06. The molecule has 1 heterocycles. The van der Waals surface area contributed by atoms with Crippen LogP contribution in [-0.2, 0) is 25.7 Å². The summed E-state index contributed by atoms with van der Waals surface area (Å²) in [5.74, 6) is -1.08. The lowest BCUT2D eigenvalue weighted by molar-refractivity contribution is -0.160. The van der Waals surface area contributed by atoms with Crippen LogP contribution in [-0.4, -0.2) is 34.8 Å². The molecule has 0 aliphatic heterocycles. The Hall–Kier alpha value is -2.54. The number of carbonyl (C=O) groups is 2. The largest absolute Gasteiger partial charge is 0.461 e. The fraction of sp³-hybridized carbons (Fsp3) is 0.368. The van der Waals surface area contributed by atoms with Gasteiger partial charge in [0.25, 0.3) is 0 Å². The summed E-state index contributed by atoms with van der Waals surface area (Å²) in [6, 6.07) is 8.37. The van der Waals surface area contributed by atoms with Gasteiger partial charge < -0.3 is 9.47 Å². The van der Waals surface area contributed by atoms with Crippen molar-refractivity contribution in [3.63, 3.8) is 0 Å². The predicted octanol–water partition coefficient (Wildman–Crippen LogP) is 3.41. The zero-order chi connectivity index (χ0) is 19.0. The van der Waals surface area contributed by atoms with Gasteiger partial charge in [0.05, 0.1) is 12.6 Å². The van der Waals surface area contributed by atoms with Crippen LogP contribution in [0, 0.1) is 0 Å². The molecular weight excluding hydrogens is 352 g/mol. The Balaban J connectivity index is 2.00. The molecule has 138 valence electrons. The van der Waals surface area contributed by atoms with Crippen LogP contribution in [0.5, 0.6) is 0 Å². The highest BCUT2D eigenvalue weighted by molar-refractivity contribution is 7.11. The zero-order valence-electron chi connectivity index (χ0n) is 15.0. The number of rotatable bonds is 7. The second kappa shape index (κ2) is 9.24. The van der Waals surface area contributed by atoms with Crippen molar-refractivity contribution < 1.29 is 19.1 Å². The molecule has 1 aromatic carbocycles. The lowest BCUT2D eigenvalue weighted by Crippen LogP contribution is -2.32. The number of benzene rings is 1. The molecule has 2 aromatic rings. The first-order chi connectivity index (χ1) is 12.3. The summed E-state index contributed by atoms with van der Waals surface area (Å²) in [6.45, 7) is 5.44. The van der Waals surface area contributed by atoms with E-state index in [0.717, 1.165) is 5.56 Å². The molecular formula is C19H22N2O4S. The third-order valence-corrected chi connectivity index (χ3v) is 3.81. The third-order valence-electron chi connectivity index (χ3n) is 3.10. The molecule has 1 unspecified atom stereocenters. The van der Waals surface area contributed by atoms with Gasteiger partial charge in [-0.3, -0.25) is 9.79 Å². The van der Waals surface area contributed by atoms with E-state index >= 15 is 0 Å². The molecule has 0 spiro atoms. The van der Waals surface area contributed by atoms with Crippen LogP contribution >= 0.6 is 11.3 Å². The fourth-order valence-electron chi connectivity index (χ4n) is 1.97. The normalized spacial score (nSPS) is 12.7. The van der Waals surface area contributed by atoms with Crippen LogP contribution in [0.3, 0.4) is 0 Å². The number of carbonyl (C=O) groups excluding carboxylic acids is 2. The highest BCUT2D eigenvalue weighted by Crippen LogP contribution is 2.13. The van der Waals surface area contributed by atoms with E-state index in [-0.39, 0.29) is 13.0 Å². The van der Waals surface area contributed by atoms with Gasteiger partial charge in [0.15, 0.2) is 6.04 Å². The number of aromatic nitrogens is 1. The summed E-state index contributed by atoms with van der Waals surface area (Å²) < 4.78 is 10.6. The van der Waals surface area contributed by atoms with Gasteiger partial charge in [-0.25, -0.2) is 9.78 Å². The van der Waals surface area contributed by atoms with Crippen molar-refractivity contribution in [1.29, 1.82) is 0 Å². The quantitative estimate of drug-likeness (QED) is 0.548. The first kappa shape index (κ1) is 19.8. The number of esters is 2. The number of ether oxygens (including phenoxy) is 2. The van der Waals surface area contributed by atoms with E-state index in [0.29, 0.717) is 5.01 Å². The van der Waals surface area contributed by atoms with E-state index in [9.17, 15) is 9.59 Å². The Labute approximate surface area is 156 Å². The summed E-state index contributed by atoms with van der Waals surface area (Å²) in [5, 5.41) is 2.45. The number of hydrogen-bond donors (Lipinski definition) is 0. The Bertz CT molecular complexity index is 737. The Morgan fingerprint density at radius 2 is 2.00 bits per heavy atom. The Morgan fingerprint density at radius 3 is 2.62 bits per heavy atom. The lowest BCUT2D eigenvalue weighted by Gasteiger charge is -2.22. The van der Waals surface area contributed by atoms with Gasteiger partial charge in [-0.15, -0.1) is 11.3 Å². The topological polar surface area (TPSA) is 77.9 Å². The fourth-order valence-corrected chi connectivity index (χ4v) is 2.48. The molecule has 1 atom stereocenters. The Morgan fingerprint density at radius 1 is 1.27 bits per heavy atom. The maximum Gasteiger partial charge on any atom is 0.331 e. The van der Waals surface area contributed by atoms with Gasteiger partial charge in [-0.05, 0) is 26.3 Å². The SMILES string of the molecule is CC(C)(C)OC(=O)C(CC(=O)OCc1ccccc1)N=Cc1nccs1. The van der Waals surface area contributed by atoms with E-state index in [1.807, 2.05) is 30.3 Å². The average Bonchev–Trinajstić information content (AvgIpc) is 3.09. The molecule has 6 nitrogen and oxygen atoms in total. The minimum absolute atomic E-state index is 0.150. The van der Waals surface area contributed by atoms with Crippen LogP contribution in [0.15, 0.2) is 46.9 Å². The molecule has 0 bridgehead atoms. The van der Waals surface area contributed by atoms with Crippen molar-refractivity contribution in [3.05, 3.63) is 52.5 Å². The zero-order valence-corrected chi connectivity index (χ0v) is 15.9. The van der Waals surface area contributed by atoms with Gasteiger partial charge in [-0.1, -0.05) is 30.3 Å². The van der Waals surface area contributed by atoms with Crippen molar-refractivity contribution in [3.8, 4) is 0 Å². The molecule has 0 N–H and O–H groups in total. The van der Waals surface area contributed by atoms with Crippen LogP contribution in [0.1, 0.15) is 37.8 Å². The molecule has 0 saturated carbocycles. The van der Waals surface area contributed by atoms with Crippen LogP contribution in [0.2, 0.25) is 0 Å². The molecule has 0 radical (unpaired) electrons. The summed E-state index contributed by atoms with van der Waals surface area (Å²) in [4.78, 5) is 32.8. The molecule has 26 heavy (non-hydrogen) atoms. The molecule has 7 heteroatoms. The third kappa shape index (κ3) is 7.14.